The number of nitrogens with zero attached hydrogens (tertiary/aromatic N) is 2. The second-order valence-electron chi connectivity index (χ2n) is 5.43. The van der Waals surface area contributed by atoms with Gasteiger partial charge < -0.3 is 9.32 Å². The van der Waals surface area contributed by atoms with Gasteiger partial charge in [0, 0.05) is 30.9 Å². The van der Waals surface area contributed by atoms with Gasteiger partial charge in [-0.05, 0) is 48.5 Å². The maximum atomic E-state index is 12.9. The van der Waals surface area contributed by atoms with Crippen LogP contribution in [0.5, 0.6) is 0 Å². The van der Waals surface area contributed by atoms with Crippen molar-refractivity contribution in [2.24, 2.45) is 0 Å². The van der Waals surface area contributed by atoms with Gasteiger partial charge in [0.25, 0.3) is 0 Å². The van der Waals surface area contributed by atoms with Crippen LogP contribution in [0.15, 0.2) is 64.0 Å². The summed E-state index contributed by atoms with van der Waals surface area (Å²) in [5, 5.41) is 0. The van der Waals surface area contributed by atoms with Crippen LogP contribution in [-0.2, 0) is 10.2 Å². The highest BCUT2D eigenvalue weighted by atomic mass is 32.3. The van der Waals surface area contributed by atoms with Gasteiger partial charge in [-0.3, -0.25) is 0 Å². The number of benzene rings is 2. The highest BCUT2D eigenvalue weighted by molar-refractivity contribution is 7.86. The minimum absolute atomic E-state index is 0.337. The zero-order chi connectivity index (χ0) is 17.3. The van der Waals surface area contributed by atoms with Gasteiger partial charge in [0.15, 0.2) is 5.76 Å². The van der Waals surface area contributed by atoms with E-state index in [0.717, 1.165) is 11.3 Å². The van der Waals surface area contributed by atoms with Crippen molar-refractivity contribution in [3.63, 3.8) is 0 Å². The fourth-order valence-corrected chi connectivity index (χ4v) is 2.69. The average molecular weight is 346 g/mol. The molecule has 5 nitrogen and oxygen atoms in total. The molecule has 24 heavy (non-hydrogen) atoms. The first-order chi connectivity index (χ1) is 11.3. The Balaban J connectivity index is 1.87. The van der Waals surface area contributed by atoms with Crippen molar-refractivity contribution in [1.82, 2.24) is 4.98 Å². The number of hydrogen-bond acceptors (Lipinski definition) is 5. The molecule has 0 aliphatic rings. The maximum absolute atomic E-state index is 12.9. The van der Waals surface area contributed by atoms with Crippen LogP contribution >= 0.6 is 0 Å². The molecular formula is C17H15FN2O3S. The van der Waals surface area contributed by atoms with Crippen LogP contribution in [0.25, 0.3) is 22.8 Å². The van der Waals surface area contributed by atoms with E-state index in [1.54, 1.807) is 6.20 Å². The Bertz CT molecular complexity index is 946. The lowest BCUT2D eigenvalue weighted by Gasteiger charge is -2.11. The number of rotatable bonds is 4. The number of oxazole rings is 1. The van der Waals surface area contributed by atoms with Crippen LogP contribution in [0.2, 0.25) is 0 Å². The van der Waals surface area contributed by atoms with Gasteiger partial charge in [-0.2, -0.15) is 8.42 Å². The molecular weight excluding hydrogens is 331 g/mol. The Kier molecular flexibility index (Phi) is 4.11. The summed E-state index contributed by atoms with van der Waals surface area (Å²) >= 11 is 0. The molecule has 0 aliphatic carbocycles. The first kappa shape index (κ1) is 16.2. The summed E-state index contributed by atoms with van der Waals surface area (Å²) in [6.07, 6.45) is 1.60. The van der Waals surface area contributed by atoms with Crippen LogP contribution in [0.4, 0.5) is 9.57 Å². The molecule has 124 valence electrons. The highest BCUT2D eigenvalue weighted by Crippen LogP contribution is 2.28. The summed E-state index contributed by atoms with van der Waals surface area (Å²) in [5.74, 6) is 0.932. The maximum Gasteiger partial charge on any atom is 0.332 e. The standard InChI is InChI=1S/C17H15FN2O3S/c1-20(2)14-7-3-12(4-8-14)16-11-19-17(23-16)13-5-9-15(10-6-13)24(18,21)22/h3-11H,1-2H3. The fourth-order valence-electron chi connectivity index (χ4n) is 2.22. The van der Waals surface area contributed by atoms with Crippen LogP contribution in [0.3, 0.4) is 0 Å². The number of anilines is 1. The molecule has 3 rings (SSSR count). The fraction of sp³-hybridized carbons (Fsp3) is 0.118. The Hall–Kier alpha value is -2.67. The molecule has 0 N–H and O–H groups in total. The zero-order valence-corrected chi connectivity index (χ0v) is 13.9. The number of hydrogen-bond donors (Lipinski definition) is 0. The second-order valence-corrected chi connectivity index (χ2v) is 6.78. The van der Waals surface area contributed by atoms with Crippen molar-refractivity contribution < 1.29 is 16.7 Å². The Morgan fingerprint density at radius 1 is 0.958 bits per heavy atom. The van der Waals surface area contributed by atoms with Crippen LogP contribution in [0, 0.1) is 0 Å². The summed E-state index contributed by atoms with van der Waals surface area (Å²) in [4.78, 5) is 5.80. The largest absolute Gasteiger partial charge is 0.436 e. The third-order valence-corrected chi connectivity index (χ3v) is 4.39. The van der Waals surface area contributed by atoms with Crippen LogP contribution < -0.4 is 4.90 Å². The molecule has 0 unspecified atom stereocenters. The second kappa shape index (κ2) is 6.09. The smallest absolute Gasteiger partial charge is 0.332 e. The molecule has 0 saturated heterocycles. The van der Waals surface area contributed by atoms with Gasteiger partial charge in [-0.1, -0.05) is 0 Å². The van der Waals surface area contributed by atoms with Crippen molar-refractivity contribution in [2.45, 2.75) is 4.90 Å². The summed E-state index contributed by atoms with van der Waals surface area (Å²) in [6, 6.07) is 13.1. The first-order valence-electron chi connectivity index (χ1n) is 7.13. The van der Waals surface area contributed by atoms with Crippen molar-refractivity contribution in [1.29, 1.82) is 0 Å². The molecule has 0 radical (unpaired) electrons. The molecule has 7 heteroatoms. The SMILES string of the molecule is CN(C)c1ccc(-c2cnc(-c3ccc(S(=O)(=O)F)cc3)o2)cc1. The Morgan fingerprint density at radius 3 is 2.08 bits per heavy atom. The monoisotopic (exact) mass is 346 g/mol. The third-order valence-electron chi connectivity index (χ3n) is 3.56. The quantitative estimate of drug-likeness (QED) is 0.674. The zero-order valence-electron chi connectivity index (χ0n) is 13.1. The summed E-state index contributed by atoms with van der Waals surface area (Å²) < 4.78 is 40.3. The number of halogens is 1. The lowest BCUT2D eigenvalue weighted by Crippen LogP contribution is -2.07. The average Bonchev–Trinajstić information content (AvgIpc) is 3.04. The van der Waals surface area contributed by atoms with E-state index in [0.29, 0.717) is 17.2 Å². The van der Waals surface area contributed by atoms with Crippen LogP contribution in [-0.4, -0.2) is 27.5 Å². The van der Waals surface area contributed by atoms with E-state index < -0.39 is 15.1 Å². The van der Waals surface area contributed by atoms with E-state index in [4.69, 9.17) is 4.42 Å². The highest BCUT2D eigenvalue weighted by Gasteiger charge is 2.13. The van der Waals surface area contributed by atoms with Crippen molar-refractivity contribution >= 4 is 15.9 Å². The Morgan fingerprint density at radius 2 is 1.54 bits per heavy atom. The molecule has 0 atom stereocenters. The molecule has 0 bridgehead atoms. The van der Waals surface area contributed by atoms with Crippen LogP contribution in [0.1, 0.15) is 0 Å². The van der Waals surface area contributed by atoms with E-state index in [1.165, 1.54) is 24.3 Å². The summed E-state index contributed by atoms with van der Waals surface area (Å²) in [5.41, 5.74) is 2.52. The molecule has 0 amide bonds. The number of aromatic nitrogens is 1. The lowest BCUT2D eigenvalue weighted by atomic mass is 10.1. The predicted molar refractivity (Wildman–Crippen MR) is 90.0 cm³/mol. The van der Waals surface area contributed by atoms with E-state index in [1.807, 2.05) is 43.3 Å². The minimum atomic E-state index is -4.71. The molecule has 0 aliphatic heterocycles. The summed E-state index contributed by atoms with van der Waals surface area (Å²) in [7, 11) is -0.783. The molecule has 1 aromatic heterocycles. The molecule has 0 spiro atoms. The molecule has 0 saturated carbocycles. The van der Waals surface area contributed by atoms with Crippen molar-refractivity contribution in [2.75, 3.05) is 19.0 Å². The molecule has 3 aromatic rings. The van der Waals surface area contributed by atoms with Gasteiger partial charge in [-0.15, -0.1) is 3.89 Å². The van der Waals surface area contributed by atoms with E-state index in [9.17, 15) is 12.3 Å². The third kappa shape index (κ3) is 3.30. The predicted octanol–water partition coefficient (Wildman–Crippen LogP) is 3.73. The summed E-state index contributed by atoms with van der Waals surface area (Å²) in [6.45, 7) is 0. The molecule has 1 heterocycles. The van der Waals surface area contributed by atoms with Gasteiger partial charge in [0.2, 0.25) is 5.89 Å². The van der Waals surface area contributed by atoms with E-state index in [-0.39, 0.29) is 0 Å². The first-order valence-corrected chi connectivity index (χ1v) is 8.51. The van der Waals surface area contributed by atoms with Gasteiger partial charge >= 0.3 is 10.2 Å². The van der Waals surface area contributed by atoms with Crippen molar-refractivity contribution in [3.8, 4) is 22.8 Å². The van der Waals surface area contributed by atoms with Gasteiger partial charge in [0.1, 0.15) is 0 Å². The lowest BCUT2D eigenvalue weighted by molar-refractivity contribution is 0.552. The van der Waals surface area contributed by atoms with Gasteiger partial charge in [0.05, 0.1) is 11.1 Å². The Labute approximate surface area is 139 Å². The van der Waals surface area contributed by atoms with E-state index in [2.05, 4.69) is 4.98 Å². The normalized spacial score (nSPS) is 11.5. The van der Waals surface area contributed by atoms with E-state index >= 15 is 0 Å². The molecule has 0 fully saturated rings. The topological polar surface area (TPSA) is 63.4 Å². The molecule has 2 aromatic carbocycles. The van der Waals surface area contributed by atoms with Gasteiger partial charge in [-0.25, -0.2) is 4.98 Å². The van der Waals surface area contributed by atoms with Crippen molar-refractivity contribution in [3.05, 3.63) is 54.7 Å². The minimum Gasteiger partial charge on any atom is -0.436 e.